The highest BCUT2D eigenvalue weighted by Crippen LogP contribution is 2.34. The van der Waals surface area contributed by atoms with Crippen molar-refractivity contribution < 1.29 is 20.5 Å². The van der Waals surface area contributed by atoms with Gasteiger partial charge in [0.1, 0.15) is 5.72 Å². The predicted octanol–water partition coefficient (Wildman–Crippen LogP) is 4.17. The number of nitrogens with zero attached hydrogens (tertiary/aromatic N) is 2. The number of carbonyl (C=O) groups excluding carboxylic acids is 1. The fourth-order valence-electron chi connectivity index (χ4n) is 3.39. The Bertz CT molecular complexity index is 940. The van der Waals surface area contributed by atoms with E-state index in [1.165, 1.54) is 17.0 Å². The first-order valence-corrected chi connectivity index (χ1v) is 9.48. The van der Waals surface area contributed by atoms with Gasteiger partial charge in [0.05, 0.1) is 4.11 Å². The van der Waals surface area contributed by atoms with Gasteiger partial charge in [0.2, 0.25) is 5.91 Å². The van der Waals surface area contributed by atoms with Crippen LogP contribution >= 0.6 is 11.3 Å². The topological polar surface area (TPSA) is 32.8 Å². The Morgan fingerprint density at radius 2 is 2.12 bits per heavy atom. The van der Waals surface area contributed by atoms with Crippen molar-refractivity contribution >= 4 is 22.9 Å². The molecule has 26 heavy (non-hydrogen) atoms. The van der Waals surface area contributed by atoms with Crippen molar-refractivity contribution in [1.29, 1.82) is 0 Å². The molecule has 1 fully saturated rings. The molecule has 4 nitrogen and oxygen atoms in total. The third kappa shape index (κ3) is 4.17. The predicted molar refractivity (Wildman–Crippen MR) is 108 cm³/mol. The lowest BCUT2D eigenvalue weighted by Gasteiger charge is -2.47. The van der Waals surface area contributed by atoms with Crippen LogP contribution in [0.4, 0.5) is 5.69 Å². The van der Waals surface area contributed by atoms with Crippen LogP contribution in [0.2, 0.25) is 0 Å². The molecule has 2 aromatic rings. The van der Waals surface area contributed by atoms with Crippen LogP contribution in [0.25, 0.3) is 0 Å². The van der Waals surface area contributed by atoms with Gasteiger partial charge in [0, 0.05) is 63.3 Å². The molecule has 1 aliphatic rings. The molecule has 0 atom stereocenters. The van der Waals surface area contributed by atoms with Crippen LogP contribution in [0.1, 0.15) is 41.9 Å². The number of hydrogen-bond acceptors (Lipinski definition) is 4. The van der Waals surface area contributed by atoms with Gasteiger partial charge in [0.15, 0.2) is 0 Å². The van der Waals surface area contributed by atoms with Crippen LogP contribution in [0.15, 0.2) is 47.8 Å². The molecule has 0 bridgehead atoms. The number of amides is 1. The Labute approximate surface area is 171 Å². The quantitative estimate of drug-likeness (QED) is 0.676. The highest BCUT2D eigenvalue weighted by molar-refractivity contribution is 7.09. The van der Waals surface area contributed by atoms with Gasteiger partial charge in [-0.3, -0.25) is 9.69 Å². The Balaban J connectivity index is 1.95. The van der Waals surface area contributed by atoms with E-state index in [-0.39, 0.29) is 18.5 Å². The first kappa shape index (κ1) is 11.2. The summed E-state index contributed by atoms with van der Waals surface area (Å²) < 4.78 is 67.7. The molecule has 0 spiro atoms. The maximum atomic E-state index is 13.5. The second-order valence-electron chi connectivity index (χ2n) is 6.32. The Kier molecular flexibility index (Phi) is 3.80. The Hall–Kier alpha value is -1.69. The minimum atomic E-state index is -3.25. The molecular weight excluding hydrogens is 344 g/mol. The maximum absolute atomic E-state index is 13.5. The van der Waals surface area contributed by atoms with E-state index in [1.54, 1.807) is 29.5 Å². The van der Waals surface area contributed by atoms with E-state index in [0.29, 0.717) is 13.1 Å². The number of benzene rings is 1. The fourth-order valence-corrected chi connectivity index (χ4v) is 4.09. The molecule has 0 saturated carbocycles. The smallest absolute Gasteiger partial charge is 0.229 e. The van der Waals surface area contributed by atoms with Crippen molar-refractivity contribution in [2.24, 2.45) is 0 Å². The minimum Gasteiger partial charge on any atom is -0.358 e. The normalized spacial score (nSPS) is 23.2. The third-order valence-corrected chi connectivity index (χ3v) is 5.75. The zero-order valence-electron chi connectivity index (χ0n) is 22.5. The van der Waals surface area contributed by atoms with Crippen LogP contribution in [0.5, 0.6) is 0 Å². The first-order valence-electron chi connectivity index (χ1n) is 12.6. The lowest BCUT2D eigenvalue weighted by Crippen LogP contribution is -2.59. The molecule has 1 saturated heterocycles. The van der Waals surface area contributed by atoms with Gasteiger partial charge in [-0.15, -0.1) is 11.3 Å². The molecule has 2 heterocycles. The summed E-state index contributed by atoms with van der Waals surface area (Å²) in [5.41, 5.74) is -1.56. The number of para-hydroxylation sites is 1. The van der Waals surface area contributed by atoms with Gasteiger partial charge in [-0.25, -0.2) is 0 Å². The molecule has 1 aromatic carbocycles. The summed E-state index contributed by atoms with van der Waals surface area (Å²) >= 11 is 1.66. The average molecular weight is 381 g/mol. The molecule has 0 aliphatic carbocycles. The molecule has 1 aromatic heterocycles. The number of rotatable bonds is 7. The average Bonchev–Trinajstić information content (AvgIpc) is 3.26. The summed E-state index contributed by atoms with van der Waals surface area (Å²) in [6, 6.07) is 12.0. The molecule has 1 aliphatic heterocycles. The number of hydrogen-bond donors (Lipinski definition) is 0. The van der Waals surface area contributed by atoms with Gasteiger partial charge in [0.25, 0.3) is 0 Å². The lowest BCUT2D eigenvalue weighted by atomic mass is 9.96. The lowest BCUT2D eigenvalue weighted by molar-refractivity contribution is -0.128. The zero-order chi connectivity index (χ0) is 25.2. The molecule has 3 rings (SSSR count). The van der Waals surface area contributed by atoms with Crippen LogP contribution < -0.4 is 4.90 Å². The van der Waals surface area contributed by atoms with Crippen molar-refractivity contribution in [2.45, 2.75) is 38.2 Å². The molecule has 0 N–H and O–H groups in total. The van der Waals surface area contributed by atoms with Crippen LogP contribution in [-0.4, -0.2) is 43.2 Å². The number of thiophene rings is 1. The standard InChI is InChI=1S/C21H28N2O2S/c1-3-20(24)23(18-8-5-4-6-9-18)21(25-2)12-15-22(16-13-21)14-11-19-10-7-17-26-19/h4-10,17H,3,11-16H2,1-2H3/i1D3,2D3,3D2. The van der Waals surface area contributed by atoms with Gasteiger partial charge < -0.3 is 9.64 Å². The number of piperidine rings is 1. The van der Waals surface area contributed by atoms with E-state index in [1.807, 2.05) is 17.5 Å². The summed E-state index contributed by atoms with van der Waals surface area (Å²) in [5.74, 6) is -1.35. The summed E-state index contributed by atoms with van der Waals surface area (Å²) in [6.45, 7) is -1.72. The van der Waals surface area contributed by atoms with Crippen molar-refractivity contribution in [1.82, 2.24) is 4.90 Å². The number of ether oxygens (including phenoxy) is 1. The molecule has 0 unspecified atom stereocenters. The third-order valence-electron chi connectivity index (χ3n) is 4.81. The number of carbonyl (C=O) groups is 1. The van der Waals surface area contributed by atoms with Crippen molar-refractivity contribution in [3.63, 3.8) is 0 Å². The van der Waals surface area contributed by atoms with Crippen LogP contribution in [0.3, 0.4) is 0 Å². The molecule has 0 radical (unpaired) electrons. The molecule has 140 valence electrons. The van der Waals surface area contributed by atoms with E-state index >= 15 is 0 Å². The van der Waals surface area contributed by atoms with E-state index < -0.39 is 31.9 Å². The van der Waals surface area contributed by atoms with Gasteiger partial charge >= 0.3 is 0 Å². The Morgan fingerprint density at radius 3 is 2.77 bits per heavy atom. The second-order valence-corrected chi connectivity index (χ2v) is 7.35. The number of methoxy groups -OCH3 is 1. The molecular formula is C21H28N2O2S. The van der Waals surface area contributed by atoms with Crippen LogP contribution in [-0.2, 0) is 16.0 Å². The summed E-state index contributed by atoms with van der Waals surface area (Å²) in [7, 11) is -2.89. The van der Waals surface area contributed by atoms with E-state index in [0.717, 1.165) is 17.9 Å². The first-order chi connectivity index (χ1) is 15.8. The summed E-state index contributed by atoms with van der Waals surface area (Å²) in [5, 5.41) is 2.00. The fraction of sp³-hybridized carbons (Fsp3) is 0.476. The van der Waals surface area contributed by atoms with Gasteiger partial charge in [-0.1, -0.05) is 31.1 Å². The highest BCUT2D eigenvalue weighted by Gasteiger charge is 2.42. The molecule has 5 heteroatoms. The van der Waals surface area contributed by atoms with E-state index in [4.69, 9.17) is 15.7 Å². The molecule has 1 amide bonds. The van der Waals surface area contributed by atoms with Crippen LogP contribution in [0, 0.1) is 0 Å². The monoisotopic (exact) mass is 380 g/mol. The summed E-state index contributed by atoms with van der Waals surface area (Å²) in [6.07, 6.45) is -2.26. The number of likely N-dealkylation sites (tertiary alicyclic amines) is 1. The van der Waals surface area contributed by atoms with E-state index in [2.05, 4.69) is 4.90 Å². The van der Waals surface area contributed by atoms with E-state index in [9.17, 15) is 4.79 Å². The van der Waals surface area contributed by atoms with Gasteiger partial charge in [-0.05, 0) is 30.0 Å². The SMILES string of the molecule is [2H]C([2H])([2H])OC1(N(C(=O)C([2H])([2H])C([2H])([2H])[2H])c2ccccc2)CCN(CCc2cccs2)CC1. The minimum absolute atomic E-state index is 0.0769. The van der Waals surface area contributed by atoms with Crippen molar-refractivity contribution in [3.05, 3.63) is 52.7 Å². The van der Waals surface area contributed by atoms with Gasteiger partial charge in [-0.2, -0.15) is 0 Å². The zero-order valence-corrected chi connectivity index (χ0v) is 15.3. The maximum Gasteiger partial charge on any atom is 0.229 e. The number of anilines is 1. The highest BCUT2D eigenvalue weighted by atomic mass is 32.1. The largest absolute Gasteiger partial charge is 0.358 e. The second kappa shape index (κ2) is 8.80. The van der Waals surface area contributed by atoms with Crippen molar-refractivity contribution in [2.75, 3.05) is 31.6 Å². The Morgan fingerprint density at radius 1 is 1.31 bits per heavy atom. The van der Waals surface area contributed by atoms with Crippen molar-refractivity contribution in [3.8, 4) is 0 Å². The summed E-state index contributed by atoms with van der Waals surface area (Å²) in [4.78, 5) is 17.8.